The van der Waals surface area contributed by atoms with E-state index in [1.807, 2.05) is 4.40 Å². The Kier molecular flexibility index (Phi) is 2.94. The summed E-state index contributed by atoms with van der Waals surface area (Å²) in [6.45, 7) is 2.13. The van der Waals surface area contributed by atoms with Gasteiger partial charge in [0.1, 0.15) is 0 Å². The van der Waals surface area contributed by atoms with E-state index in [2.05, 4.69) is 17.1 Å². The van der Waals surface area contributed by atoms with E-state index in [-0.39, 0.29) is 5.97 Å². The Balaban J connectivity index is 1.86. The van der Waals surface area contributed by atoms with Crippen molar-refractivity contribution in [1.82, 2.24) is 9.38 Å². The van der Waals surface area contributed by atoms with Crippen molar-refractivity contribution in [2.75, 3.05) is 6.61 Å². The number of thiazole rings is 1. The van der Waals surface area contributed by atoms with Crippen LogP contribution in [0.5, 0.6) is 0 Å². The number of aromatic nitrogens is 2. The number of ether oxygens (including phenoxy) is 1. The third-order valence-electron chi connectivity index (χ3n) is 3.73. The Morgan fingerprint density at radius 2 is 2.33 bits per heavy atom. The van der Waals surface area contributed by atoms with E-state index >= 15 is 0 Å². The van der Waals surface area contributed by atoms with E-state index < -0.39 is 0 Å². The molecule has 0 aliphatic heterocycles. The molecular formula is C15H13ClN2O2S. The molecule has 1 aliphatic rings. The fraction of sp³-hybridized carbons (Fsp3) is 0.333. The molecule has 2 aromatic heterocycles. The lowest BCUT2D eigenvalue weighted by atomic mass is 10.1. The number of carbonyl (C=O) groups excluding carboxylic acids is 1. The Morgan fingerprint density at radius 3 is 3.05 bits per heavy atom. The third kappa shape index (κ3) is 2.03. The summed E-state index contributed by atoms with van der Waals surface area (Å²) >= 11 is 8.05. The van der Waals surface area contributed by atoms with Crippen LogP contribution in [0.4, 0.5) is 0 Å². The molecule has 1 saturated carbocycles. The minimum Gasteiger partial charge on any atom is -0.461 e. The number of imidazole rings is 1. The lowest BCUT2D eigenvalue weighted by molar-refractivity contribution is 0.0520. The van der Waals surface area contributed by atoms with Gasteiger partial charge >= 0.3 is 5.97 Å². The van der Waals surface area contributed by atoms with Gasteiger partial charge in [0.2, 0.25) is 0 Å². The van der Waals surface area contributed by atoms with Crippen molar-refractivity contribution < 1.29 is 9.53 Å². The molecule has 1 aromatic carbocycles. The van der Waals surface area contributed by atoms with Crippen molar-refractivity contribution in [3.63, 3.8) is 0 Å². The predicted molar refractivity (Wildman–Crippen MR) is 83.5 cm³/mol. The molecule has 3 aromatic rings. The second-order valence-corrected chi connectivity index (χ2v) is 6.55. The van der Waals surface area contributed by atoms with Gasteiger partial charge < -0.3 is 4.74 Å². The van der Waals surface area contributed by atoms with Crippen molar-refractivity contribution in [3.8, 4) is 0 Å². The summed E-state index contributed by atoms with van der Waals surface area (Å²) < 4.78 is 7.94. The molecule has 0 spiro atoms. The first-order chi connectivity index (χ1) is 10.2. The van der Waals surface area contributed by atoms with Crippen molar-refractivity contribution in [1.29, 1.82) is 0 Å². The topological polar surface area (TPSA) is 43.6 Å². The molecular weight excluding hydrogens is 308 g/mol. The van der Waals surface area contributed by atoms with Gasteiger partial charge in [0.15, 0.2) is 10.7 Å². The Morgan fingerprint density at radius 1 is 1.52 bits per heavy atom. The van der Waals surface area contributed by atoms with E-state index in [0.29, 0.717) is 18.2 Å². The van der Waals surface area contributed by atoms with Crippen LogP contribution >= 0.6 is 22.9 Å². The maximum Gasteiger partial charge on any atom is 0.358 e. The molecule has 6 heteroatoms. The van der Waals surface area contributed by atoms with Crippen molar-refractivity contribution >= 4 is 44.1 Å². The minimum atomic E-state index is -0.387. The number of nitrogens with zero attached hydrogens (tertiary/aromatic N) is 2. The number of hydrogen-bond acceptors (Lipinski definition) is 4. The van der Waals surface area contributed by atoms with Gasteiger partial charge in [0.05, 0.1) is 21.8 Å². The number of fused-ring (bicyclic) bond motifs is 3. The number of rotatable bonds is 3. The third-order valence-corrected chi connectivity index (χ3v) is 5.34. The van der Waals surface area contributed by atoms with E-state index in [0.717, 1.165) is 20.2 Å². The van der Waals surface area contributed by atoms with Gasteiger partial charge in [-0.15, -0.1) is 0 Å². The highest BCUT2D eigenvalue weighted by Gasteiger charge is 2.27. The summed E-state index contributed by atoms with van der Waals surface area (Å²) in [7, 11) is 0. The van der Waals surface area contributed by atoms with Gasteiger partial charge in [0.25, 0.3) is 0 Å². The van der Waals surface area contributed by atoms with E-state index in [1.165, 1.54) is 29.7 Å². The Bertz CT molecular complexity index is 863. The number of carbonyl (C=O) groups is 1. The first kappa shape index (κ1) is 13.1. The van der Waals surface area contributed by atoms with Crippen LogP contribution in [0.3, 0.4) is 0 Å². The lowest BCUT2D eigenvalue weighted by Gasteiger charge is -2.02. The van der Waals surface area contributed by atoms with Gasteiger partial charge in [-0.1, -0.05) is 29.0 Å². The van der Waals surface area contributed by atoms with Crippen LogP contribution in [0.25, 0.3) is 15.2 Å². The SMILES string of the molecule is CCOC(=O)c1cn2c(n1)sc1c(Cl)c(C3CC3)ccc12. The first-order valence-electron chi connectivity index (χ1n) is 6.96. The molecule has 21 heavy (non-hydrogen) atoms. The minimum absolute atomic E-state index is 0.340. The van der Waals surface area contributed by atoms with Crippen LogP contribution in [-0.2, 0) is 4.74 Å². The molecule has 4 nitrogen and oxygen atoms in total. The molecule has 0 N–H and O–H groups in total. The molecule has 2 heterocycles. The maximum absolute atomic E-state index is 11.7. The van der Waals surface area contributed by atoms with Crippen molar-refractivity contribution in [2.24, 2.45) is 0 Å². The fourth-order valence-electron chi connectivity index (χ4n) is 2.56. The van der Waals surface area contributed by atoms with Crippen LogP contribution in [-0.4, -0.2) is 22.0 Å². The van der Waals surface area contributed by atoms with Crippen LogP contribution in [0, 0.1) is 0 Å². The van der Waals surface area contributed by atoms with Crippen molar-refractivity contribution in [3.05, 3.63) is 34.6 Å². The second kappa shape index (κ2) is 4.71. The van der Waals surface area contributed by atoms with Gasteiger partial charge in [0, 0.05) is 6.20 Å². The summed E-state index contributed by atoms with van der Waals surface area (Å²) in [4.78, 5) is 16.9. The van der Waals surface area contributed by atoms with Crippen LogP contribution < -0.4 is 0 Å². The largest absolute Gasteiger partial charge is 0.461 e. The zero-order chi connectivity index (χ0) is 14.6. The summed E-state index contributed by atoms with van der Waals surface area (Å²) in [5.74, 6) is 0.230. The van der Waals surface area contributed by atoms with Crippen molar-refractivity contribution in [2.45, 2.75) is 25.7 Å². The standard InChI is InChI=1S/C15H13ClN2O2S/c1-2-20-14(19)10-7-18-11-6-5-9(8-3-4-8)12(16)13(11)21-15(18)17-10/h5-8H,2-4H2,1H3. The lowest BCUT2D eigenvalue weighted by Crippen LogP contribution is -2.04. The number of esters is 1. The molecule has 0 bridgehead atoms. The van der Waals surface area contributed by atoms with Gasteiger partial charge in [-0.25, -0.2) is 9.78 Å². The quantitative estimate of drug-likeness (QED) is 0.677. The second-order valence-electron chi connectivity index (χ2n) is 5.19. The molecule has 0 unspecified atom stereocenters. The molecule has 0 amide bonds. The average molecular weight is 321 g/mol. The molecule has 1 fully saturated rings. The molecule has 108 valence electrons. The zero-order valence-electron chi connectivity index (χ0n) is 11.4. The average Bonchev–Trinajstić information content (AvgIpc) is 3.11. The van der Waals surface area contributed by atoms with E-state index in [1.54, 1.807) is 13.1 Å². The Hall–Kier alpha value is -1.59. The van der Waals surface area contributed by atoms with E-state index in [4.69, 9.17) is 16.3 Å². The molecule has 4 rings (SSSR count). The highest BCUT2D eigenvalue weighted by molar-refractivity contribution is 7.24. The van der Waals surface area contributed by atoms with Gasteiger partial charge in [-0.3, -0.25) is 4.40 Å². The van der Waals surface area contributed by atoms with Gasteiger partial charge in [-0.2, -0.15) is 0 Å². The van der Waals surface area contributed by atoms with Crippen LogP contribution in [0.15, 0.2) is 18.3 Å². The summed E-state index contributed by atoms with van der Waals surface area (Å²) in [5, 5.41) is 0.836. The monoisotopic (exact) mass is 320 g/mol. The maximum atomic E-state index is 11.7. The Labute approximate surface area is 130 Å². The summed E-state index contributed by atoms with van der Waals surface area (Å²) in [5.41, 5.74) is 2.57. The highest BCUT2D eigenvalue weighted by atomic mass is 35.5. The highest BCUT2D eigenvalue weighted by Crippen LogP contribution is 2.46. The van der Waals surface area contributed by atoms with Gasteiger partial charge in [-0.05, 0) is 37.3 Å². The molecule has 0 radical (unpaired) electrons. The normalized spacial score (nSPS) is 15.0. The molecule has 1 aliphatic carbocycles. The number of benzene rings is 1. The molecule has 0 atom stereocenters. The fourth-order valence-corrected chi connectivity index (χ4v) is 4.04. The zero-order valence-corrected chi connectivity index (χ0v) is 13.0. The van der Waals surface area contributed by atoms with Crippen LogP contribution in [0.2, 0.25) is 5.02 Å². The summed E-state index contributed by atoms with van der Waals surface area (Å²) in [6, 6.07) is 4.16. The number of halogens is 1. The van der Waals surface area contributed by atoms with E-state index in [9.17, 15) is 4.79 Å². The summed E-state index contributed by atoms with van der Waals surface area (Å²) in [6.07, 6.45) is 4.17. The first-order valence-corrected chi connectivity index (χ1v) is 8.15. The van der Waals surface area contributed by atoms with Crippen LogP contribution in [0.1, 0.15) is 41.7 Å². The predicted octanol–water partition coefficient (Wildman–Crippen LogP) is 4.26. The molecule has 0 saturated heterocycles. The smallest absolute Gasteiger partial charge is 0.358 e. The number of hydrogen-bond donors (Lipinski definition) is 0.